The minimum Gasteiger partial charge on any atom is -0.448 e. The summed E-state index contributed by atoms with van der Waals surface area (Å²) in [6.07, 6.45) is 1.60. The van der Waals surface area contributed by atoms with Crippen molar-refractivity contribution in [1.29, 1.82) is 0 Å². The Bertz CT molecular complexity index is 1080. The number of hydrogen-bond acceptors (Lipinski definition) is 4. The van der Waals surface area contributed by atoms with E-state index >= 15 is 0 Å². The first-order chi connectivity index (χ1) is 16.2. The van der Waals surface area contributed by atoms with Crippen LogP contribution in [0.5, 0.6) is 0 Å². The minimum absolute atomic E-state index is 0.0474. The van der Waals surface area contributed by atoms with E-state index in [1.807, 2.05) is 30.3 Å². The Hall–Kier alpha value is -3.15. The van der Waals surface area contributed by atoms with Gasteiger partial charge in [0.1, 0.15) is 6.61 Å². The van der Waals surface area contributed by atoms with E-state index in [1.54, 1.807) is 0 Å². The van der Waals surface area contributed by atoms with Crippen LogP contribution in [0, 0.1) is 5.92 Å². The second-order valence-electron chi connectivity index (χ2n) is 9.01. The van der Waals surface area contributed by atoms with Crippen LogP contribution < -0.4 is 5.32 Å². The largest absolute Gasteiger partial charge is 0.448 e. The summed E-state index contributed by atoms with van der Waals surface area (Å²) < 4.78 is 5.73. The van der Waals surface area contributed by atoms with Crippen molar-refractivity contribution in [3.63, 3.8) is 0 Å². The molecule has 1 aliphatic carbocycles. The highest BCUT2D eigenvalue weighted by Crippen LogP contribution is 2.44. The van der Waals surface area contributed by atoms with Crippen LogP contribution in [0.4, 0.5) is 10.5 Å². The number of nitrogens with one attached hydrogen (secondary N) is 1. The predicted molar refractivity (Wildman–Crippen MR) is 130 cm³/mol. The number of likely N-dealkylation sites (tertiary alicyclic amines) is 1. The first-order valence-corrected chi connectivity index (χ1v) is 11.8. The lowest BCUT2D eigenvalue weighted by Crippen LogP contribution is -2.34. The number of aliphatic hydroxyl groups is 1. The van der Waals surface area contributed by atoms with E-state index in [0.717, 1.165) is 43.7 Å². The fourth-order valence-corrected chi connectivity index (χ4v) is 5.09. The maximum atomic E-state index is 12.7. The van der Waals surface area contributed by atoms with Crippen molar-refractivity contribution in [2.75, 3.05) is 31.6 Å². The van der Waals surface area contributed by atoms with Gasteiger partial charge in [-0.2, -0.15) is 0 Å². The summed E-state index contributed by atoms with van der Waals surface area (Å²) >= 11 is 0. The normalized spacial score (nSPS) is 16.3. The molecule has 1 amide bonds. The number of amides is 1. The summed E-state index contributed by atoms with van der Waals surface area (Å²) in [6, 6.07) is 24.6. The molecule has 2 N–H and O–H groups in total. The molecule has 1 aliphatic heterocycles. The summed E-state index contributed by atoms with van der Waals surface area (Å²) in [4.78, 5) is 15.1. The standard InChI is InChI=1S/C28H30N2O3/c31-18-20-13-15-30(16-14-20)17-21-7-1-6-12-27(21)29-28(32)33-19-26-24-10-4-2-8-22(24)23-9-3-5-11-25(23)26/h1-12,20,26,31H,13-19H2,(H,29,32). The molecule has 5 nitrogen and oxygen atoms in total. The van der Waals surface area contributed by atoms with Gasteiger partial charge in [-0.3, -0.25) is 10.2 Å². The van der Waals surface area contributed by atoms with Crippen molar-refractivity contribution >= 4 is 11.8 Å². The number of carbonyl (C=O) groups excluding carboxylic acids is 1. The van der Waals surface area contributed by atoms with Crippen molar-refractivity contribution in [2.45, 2.75) is 25.3 Å². The Morgan fingerprint density at radius 1 is 0.909 bits per heavy atom. The summed E-state index contributed by atoms with van der Waals surface area (Å²) in [6.45, 7) is 3.28. The van der Waals surface area contributed by atoms with Crippen molar-refractivity contribution < 1.29 is 14.6 Å². The van der Waals surface area contributed by atoms with E-state index in [4.69, 9.17) is 4.74 Å². The van der Waals surface area contributed by atoms with Gasteiger partial charge in [0.05, 0.1) is 0 Å². The maximum Gasteiger partial charge on any atom is 0.411 e. The van der Waals surface area contributed by atoms with E-state index < -0.39 is 6.09 Å². The summed E-state index contributed by atoms with van der Waals surface area (Å²) in [7, 11) is 0. The molecule has 3 aromatic carbocycles. The Balaban J connectivity index is 1.23. The molecule has 33 heavy (non-hydrogen) atoms. The topological polar surface area (TPSA) is 61.8 Å². The van der Waals surface area contributed by atoms with Crippen LogP contribution in [0.25, 0.3) is 11.1 Å². The van der Waals surface area contributed by atoms with Crippen LogP contribution in [0.2, 0.25) is 0 Å². The van der Waals surface area contributed by atoms with Gasteiger partial charge in [0, 0.05) is 24.8 Å². The van der Waals surface area contributed by atoms with Crippen LogP contribution in [0.15, 0.2) is 72.8 Å². The van der Waals surface area contributed by atoms with Gasteiger partial charge in [-0.15, -0.1) is 0 Å². The molecule has 5 rings (SSSR count). The van der Waals surface area contributed by atoms with Gasteiger partial charge in [-0.05, 0) is 65.7 Å². The van der Waals surface area contributed by atoms with Gasteiger partial charge in [-0.25, -0.2) is 4.79 Å². The molecule has 2 aliphatic rings. The smallest absolute Gasteiger partial charge is 0.411 e. The molecule has 0 unspecified atom stereocenters. The van der Waals surface area contributed by atoms with Crippen LogP contribution in [-0.4, -0.2) is 42.4 Å². The van der Waals surface area contributed by atoms with Gasteiger partial charge in [0.2, 0.25) is 0 Å². The predicted octanol–water partition coefficient (Wildman–Crippen LogP) is 5.25. The maximum absolute atomic E-state index is 12.7. The number of aliphatic hydroxyl groups excluding tert-OH is 1. The zero-order valence-corrected chi connectivity index (χ0v) is 18.7. The number of hydrogen-bond donors (Lipinski definition) is 2. The molecule has 170 valence electrons. The van der Waals surface area contributed by atoms with Crippen LogP contribution in [0.1, 0.15) is 35.4 Å². The molecular formula is C28H30N2O3. The highest BCUT2D eigenvalue weighted by Gasteiger charge is 2.29. The van der Waals surface area contributed by atoms with E-state index in [-0.39, 0.29) is 12.5 Å². The van der Waals surface area contributed by atoms with Crippen LogP contribution >= 0.6 is 0 Å². The fraction of sp³-hybridized carbons (Fsp3) is 0.321. The molecule has 0 bridgehead atoms. The fourth-order valence-electron chi connectivity index (χ4n) is 5.09. The molecule has 0 spiro atoms. The zero-order chi connectivity index (χ0) is 22.6. The monoisotopic (exact) mass is 442 g/mol. The van der Waals surface area contributed by atoms with Crippen LogP contribution in [0.3, 0.4) is 0 Å². The summed E-state index contributed by atoms with van der Waals surface area (Å²) in [5.41, 5.74) is 6.72. The molecule has 3 aromatic rings. The number of nitrogens with zero attached hydrogens (tertiary/aromatic N) is 1. The molecular weight excluding hydrogens is 412 g/mol. The molecule has 1 heterocycles. The lowest BCUT2D eigenvalue weighted by Gasteiger charge is -2.31. The number of fused-ring (bicyclic) bond motifs is 3. The molecule has 0 aromatic heterocycles. The van der Waals surface area contributed by atoms with E-state index in [2.05, 4.69) is 52.7 Å². The summed E-state index contributed by atoms with van der Waals surface area (Å²) in [5.74, 6) is 0.460. The van der Waals surface area contributed by atoms with Crippen LogP contribution in [-0.2, 0) is 11.3 Å². The Kier molecular flexibility index (Phi) is 6.42. The number of anilines is 1. The SMILES string of the molecule is O=C(Nc1ccccc1CN1CCC(CO)CC1)OCC1c2ccccc2-c2ccccc21. The zero-order valence-electron chi connectivity index (χ0n) is 18.7. The highest BCUT2D eigenvalue weighted by atomic mass is 16.5. The van der Waals surface area contributed by atoms with Crippen molar-refractivity contribution in [2.24, 2.45) is 5.92 Å². The third kappa shape index (κ3) is 4.65. The number of piperidine rings is 1. The minimum atomic E-state index is -0.427. The number of ether oxygens (including phenoxy) is 1. The third-order valence-corrected chi connectivity index (χ3v) is 6.96. The highest BCUT2D eigenvalue weighted by molar-refractivity contribution is 5.86. The van der Waals surface area contributed by atoms with E-state index in [1.165, 1.54) is 22.3 Å². The Labute approximate surface area is 195 Å². The molecule has 5 heteroatoms. The molecule has 1 fully saturated rings. The van der Waals surface area contributed by atoms with Crippen molar-refractivity contribution in [3.05, 3.63) is 89.5 Å². The van der Waals surface area contributed by atoms with Gasteiger partial charge in [0.25, 0.3) is 0 Å². The number of carbonyl (C=O) groups is 1. The van der Waals surface area contributed by atoms with Gasteiger partial charge >= 0.3 is 6.09 Å². The summed E-state index contributed by atoms with van der Waals surface area (Å²) in [5, 5.41) is 12.3. The number of benzene rings is 3. The lowest BCUT2D eigenvalue weighted by molar-refractivity contribution is 0.127. The van der Waals surface area contributed by atoms with E-state index in [9.17, 15) is 9.90 Å². The third-order valence-electron chi connectivity index (χ3n) is 6.96. The number of para-hydroxylation sites is 1. The molecule has 0 atom stereocenters. The van der Waals surface area contributed by atoms with Gasteiger partial charge in [0.15, 0.2) is 0 Å². The first kappa shape index (κ1) is 21.7. The average Bonchev–Trinajstić information content (AvgIpc) is 3.18. The number of rotatable bonds is 6. The Morgan fingerprint density at radius 2 is 1.52 bits per heavy atom. The van der Waals surface area contributed by atoms with E-state index in [0.29, 0.717) is 12.5 Å². The molecule has 0 saturated carbocycles. The second-order valence-corrected chi connectivity index (χ2v) is 9.01. The Morgan fingerprint density at radius 3 is 2.18 bits per heavy atom. The molecule has 1 saturated heterocycles. The average molecular weight is 443 g/mol. The first-order valence-electron chi connectivity index (χ1n) is 11.8. The lowest BCUT2D eigenvalue weighted by atomic mass is 9.97. The quantitative estimate of drug-likeness (QED) is 0.547. The van der Waals surface area contributed by atoms with Gasteiger partial charge < -0.3 is 9.84 Å². The van der Waals surface area contributed by atoms with Crippen molar-refractivity contribution in [1.82, 2.24) is 4.90 Å². The van der Waals surface area contributed by atoms with Crippen molar-refractivity contribution in [3.8, 4) is 11.1 Å². The molecule has 0 radical (unpaired) electrons. The second kappa shape index (κ2) is 9.77. The van der Waals surface area contributed by atoms with Gasteiger partial charge in [-0.1, -0.05) is 66.7 Å².